The van der Waals surface area contributed by atoms with Crippen LogP contribution < -0.4 is 11.2 Å². The maximum absolute atomic E-state index is 13.5. The quantitative estimate of drug-likeness (QED) is 0.234. The number of rotatable bonds is 8. The predicted octanol–water partition coefficient (Wildman–Crippen LogP) is 4.52. The largest absolute Gasteiger partial charge is 0.416 e. The Balaban J connectivity index is 1.52. The molecule has 0 radical (unpaired) electrons. The Morgan fingerprint density at radius 1 is 1.05 bits per heavy atom. The standard InChI is InChI=1S/C27H23F3N6O4/c28-27(29,30)22-7-2-1-4-20(22)17-33-15-19(14-32-33)8-9-23-24(36(39)40)25(37)34(16-18-10-12-31-13-11-18)26(38)35(23)21-5-3-6-21/h1-2,4,7-15,21H,3,5-6,16-17H2/b9-8+. The summed E-state index contributed by atoms with van der Waals surface area (Å²) >= 11 is 0. The maximum Gasteiger partial charge on any atom is 0.416 e. The fraction of sp³-hybridized carbons (Fsp3) is 0.259. The van der Waals surface area contributed by atoms with Gasteiger partial charge in [0.15, 0.2) is 0 Å². The summed E-state index contributed by atoms with van der Waals surface area (Å²) in [5.41, 5.74) is -2.28. The highest BCUT2D eigenvalue weighted by molar-refractivity contribution is 5.71. The topological polar surface area (TPSA) is 118 Å². The number of alkyl halides is 3. The van der Waals surface area contributed by atoms with E-state index in [9.17, 15) is 32.9 Å². The van der Waals surface area contributed by atoms with Gasteiger partial charge in [-0.3, -0.25) is 29.1 Å². The van der Waals surface area contributed by atoms with E-state index < -0.39 is 33.6 Å². The van der Waals surface area contributed by atoms with E-state index in [4.69, 9.17) is 0 Å². The molecule has 3 aromatic heterocycles. The second-order valence-electron chi connectivity index (χ2n) is 9.43. The molecule has 4 aromatic rings. The first-order valence-electron chi connectivity index (χ1n) is 12.4. The van der Waals surface area contributed by atoms with Crippen LogP contribution in [0.1, 0.15) is 53.3 Å². The van der Waals surface area contributed by atoms with Crippen molar-refractivity contribution in [2.45, 2.75) is 44.6 Å². The van der Waals surface area contributed by atoms with E-state index in [2.05, 4.69) is 10.1 Å². The van der Waals surface area contributed by atoms with E-state index in [-0.39, 0.29) is 30.4 Å². The molecule has 0 spiro atoms. The van der Waals surface area contributed by atoms with Crippen molar-refractivity contribution in [1.29, 1.82) is 0 Å². The summed E-state index contributed by atoms with van der Waals surface area (Å²) in [7, 11) is 0. The third-order valence-corrected chi connectivity index (χ3v) is 6.84. The van der Waals surface area contributed by atoms with Crippen LogP contribution in [0.15, 0.2) is 70.8 Å². The Hall–Kier alpha value is -4.81. The maximum atomic E-state index is 13.5. The smallest absolute Gasteiger partial charge is 0.284 e. The second-order valence-corrected chi connectivity index (χ2v) is 9.43. The van der Waals surface area contributed by atoms with Crippen LogP contribution in [-0.2, 0) is 19.3 Å². The zero-order chi connectivity index (χ0) is 28.4. The van der Waals surface area contributed by atoms with Crippen molar-refractivity contribution < 1.29 is 18.1 Å². The van der Waals surface area contributed by atoms with Crippen LogP contribution in [0.4, 0.5) is 18.9 Å². The summed E-state index contributed by atoms with van der Waals surface area (Å²) < 4.78 is 43.6. The van der Waals surface area contributed by atoms with Gasteiger partial charge in [-0.05, 0) is 60.7 Å². The molecule has 0 unspecified atom stereocenters. The second kappa shape index (κ2) is 10.8. The average Bonchev–Trinajstić information content (AvgIpc) is 3.33. The van der Waals surface area contributed by atoms with Crippen molar-refractivity contribution >= 4 is 17.8 Å². The van der Waals surface area contributed by atoms with Crippen molar-refractivity contribution in [3.05, 3.63) is 120 Å². The van der Waals surface area contributed by atoms with Gasteiger partial charge in [0.05, 0.1) is 29.8 Å². The monoisotopic (exact) mass is 552 g/mol. The molecule has 0 saturated heterocycles. The lowest BCUT2D eigenvalue weighted by Gasteiger charge is -2.29. The molecule has 3 heterocycles. The molecule has 1 aromatic carbocycles. The Labute approximate surface area is 224 Å². The third kappa shape index (κ3) is 5.35. The molecule has 206 valence electrons. The molecule has 0 N–H and O–H groups in total. The number of nitrogens with zero attached hydrogens (tertiary/aromatic N) is 6. The van der Waals surface area contributed by atoms with Gasteiger partial charge in [0.25, 0.3) is 0 Å². The van der Waals surface area contributed by atoms with Crippen LogP contribution in [0.2, 0.25) is 0 Å². The first kappa shape index (κ1) is 26.8. The fourth-order valence-corrected chi connectivity index (χ4v) is 4.65. The lowest BCUT2D eigenvalue weighted by Crippen LogP contribution is -2.44. The molecule has 13 heteroatoms. The van der Waals surface area contributed by atoms with E-state index in [1.807, 2.05) is 0 Å². The summed E-state index contributed by atoms with van der Waals surface area (Å²) in [6, 6.07) is 8.09. The van der Waals surface area contributed by atoms with Gasteiger partial charge in [-0.15, -0.1) is 0 Å². The zero-order valence-electron chi connectivity index (χ0n) is 21.0. The van der Waals surface area contributed by atoms with Crippen molar-refractivity contribution in [1.82, 2.24) is 23.9 Å². The summed E-state index contributed by atoms with van der Waals surface area (Å²) in [5.74, 6) is 0. The van der Waals surface area contributed by atoms with Crippen molar-refractivity contribution in [3.63, 3.8) is 0 Å². The number of aromatic nitrogens is 5. The predicted molar refractivity (Wildman–Crippen MR) is 140 cm³/mol. The van der Waals surface area contributed by atoms with Gasteiger partial charge < -0.3 is 0 Å². The molecule has 0 amide bonds. The number of nitro groups is 1. The Morgan fingerprint density at radius 2 is 1.77 bits per heavy atom. The summed E-state index contributed by atoms with van der Waals surface area (Å²) in [5, 5.41) is 16.2. The van der Waals surface area contributed by atoms with Gasteiger partial charge in [-0.1, -0.05) is 18.2 Å². The SMILES string of the molecule is O=c1c([N+](=O)[O-])c(/C=C/c2cnn(Cc3ccccc3C(F)(F)F)c2)n(C2CCC2)c(=O)n1Cc1ccncc1. The van der Waals surface area contributed by atoms with E-state index >= 15 is 0 Å². The molecule has 10 nitrogen and oxygen atoms in total. The van der Waals surface area contributed by atoms with E-state index in [0.717, 1.165) is 17.1 Å². The molecule has 1 aliphatic carbocycles. The van der Waals surface area contributed by atoms with Gasteiger partial charge >= 0.3 is 23.1 Å². The van der Waals surface area contributed by atoms with Crippen LogP contribution in [-0.4, -0.2) is 28.8 Å². The molecule has 5 rings (SSSR count). The first-order valence-corrected chi connectivity index (χ1v) is 12.4. The number of halogens is 3. The molecule has 0 bridgehead atoms. The molecule has 0 aliphatic heterocycles. The molecule has 0 atom stereocenters. The summed E-state index contributed by atoms with van der Waals surface area (Å²) in [4.78, 5) is 41.9. The third-order valence-electron chi connectivity index (χ3n) is 6.84. The van der Waals surface area contributed by atoms with Gasteiger partial charge in [0.2, 0.25) is 0 Å². The van der Waals surface area contributed by atoms with Crippen LogP contribution in [0.3, 0.4) is 0 Å². The normalized spacial score (nSPS) is 14.0. The first-order chi connectivity index (χ1) is 19.1. The Morgan fingerprint density at radius 3 is 2.42 bits per heavy atom. The summed E-state index contributed by atoms with van der Waals surface area (Å²) in [6.07, 6.45) is 6.20. The highest BCUT2D eigenvalue weighted by Crippen LogP contribution is 2.34. The minimum atomic E-state index is -4.52. The van der Waals surface area contributed by atoms with Crippen molar-refractivity contribution in [2.24, 2.45) is 0 Å². The molecular formula is C27H23F3N6O4. The number of pyridine rings is 1. The summed E-state index contributed by atoms with van der Waals surface area (Å²) in [6.45, 7) is -0.300. The minimum Gasteiger partial charge on any atom is -0.284 e. The number of hydrogen-bond donors (Lipinski definition) is 0. The average molecular weight is 553 g/mol. The lowest BCUT2D eigenvalue weighted by atomic mass is 9.92. The van der Waals surface area contributed by atoms with Crippen LogP contribution >= 0.6 is 0 Å². The van der Waals surface area contributed by atoms with Gasteiger partial charge in [0.1, 0.15) is 5.69 Å². The van der Waals surface area contributed by atoms with Crippen molar-refractivity contribution in [3.8, 4) is 0 Å². The van der Waals surface area contributed by atoms with E-state index in [1.165, 1.54) is 64.4 Å². The van der Waals surface area contributed by atoms with E-state index in [1.54, 1.807) is 12.1 Å². The lowest BCUT2D eigenvalue weighted by molar-refractivity contribution is -0.387. The van der Waals surface area contributed by atoms with Gasteiger partial charge in [-0.25, -0.2) is 9.36 Å². The molecule has 1 aliphatic rings. The molecular weight excluding hydrogens is 529 g/mol. The van der Waals surface area contributed by atoms with E-state index in [0.29, 0.717) is 24.0 Å². The Kier molecular flexibility index (Phi) is 7.20. The minimum absolute atomic E-state index is 0.0286. The zero-order valence-corrected chi connectivity index (χ0v) is 21.0. The Bertz CT molecular complexity index is 1700. The highest BCUT2D eigenvalue weighted by atomic mass is 19.4. The molecule has 1 saturated carbocycles. The van der Waals surface area contributed by atoms with Crippen molar-refractivity contribution in [2.75, 3.05) is 0 Å². The number of benzene rings is 1. The highest BCUT2D eigenvalue weighted by Gasteiger charge is 2.33. The van der Waals surface area contributed by atoms with Gasteiger partial charge in [-0.2, -0.15) is 18.3 Å². The van der Waals surface area contributed by atoms with Crippen LogP contribution in [0, 0.1) is 10.1 Å². The van der Waals surface area contributed by atoms with Crippen LogP contribution in [0.25, 0.3) is 12.2 Å². The molecule has 1 fully saturated rings. The van der Waals surface area contributed by atoms with Crippen LogP contribution in [0.5, 0.6) is 0 Å². The van der Waals surface area contributed by atoms with Gasteiger partial charge in [0, 0.05) is 30.2 Å². The number of hydrogen-bond acceptors (Lipinski definition) is 6. The molecule has 40 heavy (non-hydrogen) atoms. The fourth-order valence-electron chi connectivity index (χ4n) is 4.65.